The van der Waals surface area contributed by atoms with Crippen LogP contribution < -0.4 is 0 Å². The number of ketones is 1. The van der Waals surface area contributed by atoms with Gasteiger partial charge in [-0.1, -0.05) is 54.2 Å². The number of carbonyl (C=O) groups is 1. The Morgan fingerprint density at radius 1 is 0.968 bits per heavy atom. The fraction of sp³-hybridized carbons (Fsp3) is 0.346. The van der Waals surface area contributed by atoms with E-state index >= 15 is 0 Å². The molecule has 0 spiro atoms. The van der Waals surface area contributed by atoms with Gasteiger partial charge in [0.05, 0.1) is 13.2 Å². The topological polar surface area (TPSA) is 29.5 Å². The van der Waals surface area contributed by atoms with E-state index in [9.17, 15) is 4.79 Å². The molecule has 5 heteroatoms. The van der Waals surface area contributed by atoms with E-state index in [1.165, 1.54) is 44.5 Å². The summed E-state index contributed by atoms with van der Waals surface area (Å²) in [5, 5.41) is 0. The fourth-order valence-electron chi connectivity index (χ4n) is 4.33. The van der Waals surface area contributed by atoms with Gasteiger partial charge in [-0.2, -0.15) is 0 Å². The van der Waals surface area contributed by atoms with Gasteiger partial charge in [-0.15, -0.1) is 0 Å². The third-order valence-corrected chi connectivity index (χ3v) is 8.85. The summed E-state index contributed by atoms with van der Waals surface area (Å²) in [5.41, 5.74) is 3.40. The highest BCUT2D eigenvalue weighted by molar-refractivity contribution is 8.05. The molecule has 31 heavy (non-hydrogen) atoms. The zero-order valence-corrected chi connectivity index (χ0v) is 19.4. The molecule has 0 bridgehead atoms. The van der Waals surface area contributed by atoms with Crippen molar-refractivity contribution in [3.63, 3.8) is 0 Å². The Bertz CT molecular complexity index is 1050. The van der Waals surface area contributed by atoms with Gasteiger partial charge in [-0.25, -0.2) is 0 Å². The number of morpholine rings is 1. The first kappa shape index (κ1) is 20.9. The zero-order chi connectivity index (χ0) is 21.2. The number of rotatable bonds is 5. The first-order valence-corrected chi connectivity index (χ1v) is 12.7. The number of ether oxygens (including phenoxy) is 1. The Morgan fingerprint density at radius 3 is 2.39 bits per heavy atom. The Balaban J connectivity index is 1.41. The molecule has 0 radical (unpaired) electrons. The van der Waals surface area contributed by atoms with Gasteiger partial charge >= 0.3 is 0 Å². The summed E-state index contributed by atoms with van der Waals surface area (Å²) in [6, 6.07) is 14.9. The smallest absolute Gasteiger partial charge is 0.180 e. The lowest BCUT2D eigenvalue weighted by molar-refractivity contribution is -0.110. The summed E-state index contributed by atoms with van der Waals surface area (Å²) >= 11 is 3.62. The average Bonchev–Trinajstić information content (AvgIpc) is 2.76. The van der Waals surface area contributed by atoms with E-state index in [4.69, 9.17) is 4.74 Å². The lowest BCUT2D eigenvalue weighted by Crippen LogP contribution is -2.39. The van der Waals surface area contributed by atoms with Gasteiger partial charge in [-0.3, -0.25) is 4.79 Å². The molecular weight excluding hydrogens is 422 g/mol. The lowest BCUT2D eigenvalue weighted by Gasteiger charge is -2.38. The van der Waals surface area contributed by atoms with Crippen molar-refractivity contribution >= 4 is 34.9 Å². The lowest BCUT2D eigenvalue weighted by atomic mass is 9.81. The molecule has 2 heterocycles. The van der Waals surface area contributed by atoms with Crippen LogP contribution in [-0.2, 0) is 9.53 Å². The van der Waals surface area contributed by atoms with Gasteiger partial charge in [0.2, 0.25) is 0 Å². The van der Waals surface area contributed by atoms with Crippen LogP contribution in [0, 0.1) is 5.92 Å². The second-order valence-electron chi connectivity index (χ2n) is 8.31. The van der Waals surface area contributed by atoms with Crippen LogP contribution in [0.5, 0.6) is 0 Å². The first-order valence-electron chi connectivity index (χ1n) is 11.0. The molecule has 2 fully saturated rings. The van der Waals surface area contributed by atoms with Crippen LogP contribution in [0.1, 0.15) is 31.7 Å². The van der Waals surface area contributed by atoms with Gasteiger partial charge in [0.25, 0.3) is 0 Å². The normalized spacial score (nSPS) is 19.5. The van der Waals surface area contributed by atoms with Gasteiger partial charge < -0.3 is 9.64 Å². The molecule has 1 aliphatic carbocycles. The van der Waals surface area contributed by atoms with E-state index in [-0.39, 0.29) is 5.78 Å². The number of carbonyl (C=O) groups excluding carboxylic acids is 1. The van der Waals surface area contributed by atoms with E-state index in [0.717, 1.165) is 37.4 Å². The SMILES string of the molecule is C/C(=C\C(=O)/C=C(\C1CCC1)N1CCOCC1)c1cccc2c1Sc1ccccc1S2. The van der Waals surface area contributed by atoms with Crippen LogP contribution in [0.4, 0.5) is 0 Å². The van der Waals surface area contributed by atoms with E-state index in [2.05, 4.69) is 54.3 Å². The second kappa shape index (κ2) is 9.27. The molecule has 0 unspecified atom stereocenters. The maximum absolute atomic E-state index is 13.1. The number of nitrogens with zero attached hydrogens (tertiary/aromatic N) is 1. The highest BCUT2D eigenvalue weighted by Crippen LogP contribution is 2.50. The number of allylic oxidation sites excluding steroid dienone is 4. The standard InChI is InChI=1S/C26H27NO2S2/c1-18(16-20(28)17-22(19-6-4-7-19)27-12-14-29-15-13-27)21-8-5-11-25-26(21)31-24-10-3-2-9-23(24)30-25/h2-3,5,8-11,16-17,19H,4,6-7,12-15H2,1H3/b18-16+,22-17+. The molecule has 0 atom stereocenters. The maximum atomic E-state index is 13.1. The van der Waals surface area contributed by atoms with Crippen molar-refractivity contribution < 1.29 is 9.53 Å². The average molecular weight is 450 g/mol. The van der Waals surface area contributed by atoms with E-state index in [0.29, 0.717) is 5.92 Å². The number of hydrogen-bond donors (Lipinski definition) is 0. The highest BCUT2D eigenvalue weighted by Gasteiger charge is 2.27. The molecule has 0 N–H and O–H groups in total. The summed E-state index contributed by atoms with van der Waals surface area (Å²) in [5.74, 6) is 0.626. The molecule has 1 saturated heterocycles. The monoisotopic (exact) mass is 449 g/mol. The Morgan fingerprint density at radius 2 is 1.68 bits per heavy atom. The van der Waals surface area contributed by atoms with E-state index in [1.807, 2.05) is 35.7 Å². The summed E-state index contributed by atoms with van der Waals surface area (Å²) < 4.78 is 5.52. The molecule has 3 aliphatic rings. The van der Waals surface area contributed by atoms with Crippen LogP contribution in [0.3, 0.4) is 0 Å². The predicted molar refractivity (Wildman–Crippen MR) is 128 cm³/mol. The minimum atomic E-state index is 0.0948. The van der Waals surface area contributed by atoms with Crippen molar-refractivity contribution in [2.45, 2.75) is 45.8 Å². The molecule has 2 aromatic carbocycles. The van der Waals surface area contributed by atoms with Crippen LogP contribution in [0.25, 0.3) is 5.57 Å². The summed E-state index contributed by atoms with van der Waals surface area (Å²) in [4.78, 5) is 20.5. The number of fused-ring (bicyclic) bond motifs is 2. The van der Waals surface area contributed by atoms with Crippen LogP contribution >= 0.6 is 23.5 Å². The van der Waals surface area contributed by atoms with Crippen LogP contribution in [0.15, 0.2) is 79.9 Å². The molecular formula is C26H27NO2S2. The van der Waals surface area contributed by atoms with Crippen molar-refractivity contribution in [3.8, 4) is 0 Å². The Kier molecular flexibility index (Phi) is 6.26. The van der Waals surface area contributed by atoms with Crippen molar-refractivity contribution in [2.75, 3.05) is 26.3 Å². The van der Waals surface area contributed by atoms with Gasteiger partial charge in [0, 0.05) is 44.4 Å². The third-order valence-electron chi connectivity index (χ3n) is 6.23. The summed E-state index contributed by atoms with van der Waals surface area (Å²) in [6.07, 6.45) is 7.37. The van der Waals surface area contributed by atoms with Crippen LogP contribution in [-0.4, -0.2) is 37.0 Å². The van der Waals surface area contributed by atoms with Crippen molar-refractivity contribution in [1.82, 2.24) is 4.90 Å². The van der Waals surface area contributed by atoms with Gasteiger partial charge in [0.15, 0.2) is 5.78 Å². The van der Waals surface area contributed by atoms with Gasteiger partial charge in [0.1, 0.15) is 0 Å². The molecule has 160 valence electrons. The zero-order valence-electron chi connectivity index (χ0n) is 17.8. The number of hydrogen-bond acceptors (Lipinski definition) is 5. The van der Waals surface area contributed by atoms with Crippen molar-refractivity contribution in [3.05, 3.63) is 65.9 Å². The molecule has 0 amide bonds. The molecule has 0 aromatic heterocycles. The third kappa shape index (κ3) is 4.50. The first-order chi connectivity index (χ1) is 15.2. The quantitative estimate of drug-likeness (QED) is 0.427. The van der Waals surface area contributed by atoms with E-state index < -0.39 is 0 Å². The largest absolute Gasteiger partial charge is 0.378 e. The maximum Gasteiger partial charge on any atom is 0.180 e. The minimum absolute atomic E-state index is 0.0948. The van der Waals surface area contributed by atoms with E-state index in [1.54, 1.807) is 0 Å². The second-order valence-corrected chi connectivity index (χ2v) is 10.4. The van der Waals surface area contributed by atoms with Crippen molar-refractivity contribution in [1.29, 1.82) is 0 Å². The van der Waals surface area contributed by atoms with Crippen molar-refractivity contribution in [2.24, 2.45) is 5.92 Å². The minimum Gasteiger partial charge on any atom is -0.378 e. The Hall–Kier alpha value is -1.95. The number of benzene rings is 2. The summed E-state index contributed by atoms with van der Waals surface area (Å²) in [7, 11) is 0. The van der Waals surface area contributed by atoms with Crippen LogP contribution in [0.2, 0.25) is 0 Å². The fourth-order valence-corrected chi connectivity index (χ4v) is 6.77. The summed E-state index contributed by atoms with van der Waals surface area (Å²) in [6.45, 7) is 5.33. The molecule has 2 aliphatic heterocycles. The Labute approximate surface area is 192 Å². The molecule has 1 saturated carbocycles. The highest BCUT2D eigenvalue weighted by atomic mass is 32.2. The predicted octanol–water partition coefficient (Wildman–Crippen LogP) is 6.29. The molecule has 3 nitrogen and oxygen atoms in total. The molecule has 5 rings (SSSR count). The van der Waals surface area contributed by atoms with Gasteiger partial charge in [-0.05, 0) is 61.1 Å². The molecule has 2 aromatic rings.